The van der Waals surface area contributed by atoms with Crippen molar-refractivity contribution in [1.82, 2.24) is 0 Å². The third-order valence-corrected chi connectivity index (χ3v) is 3.50. The fraction of sp³-hybridized carbons (Fsp3) is 0.875. The minimum Gasteiger partial charge on any atom is -0.481 e. The molecular formula is C16H33CrIO4. The van der Waals surface area contributed by atoms with Crippen LogP contribution in [0.2, 0.25) is 0 Å². The van der Waals surface area contributed by atoms with Crippen molar-refractivity contribution in [3.63, 3.8) is 0 Å². The van der Waals surface area contributed by atoms with Gasteiger partial charge in [-0.05, 0) is 25.7 Å². The maximum atomic E-state index is 10.4. The van der Waals surface area contributed by atoms with E-state index in [4.69, 9.17) is 10.2 Å². The Morgan fingerprint density at radius 3 is 1.18 bits per heavy atom. The minimum atomic E-state index is -0.643. The second kappa shape index (κ2) is 21.2. The molecule has 0 aromatic heterocycles. The molecule has 22 heavy (non-hydrogen) atoms. The molecule has 0 aromatic rings. The van der Waals surface area contributed by atoms with Crippen molar-refractivity contribution < 1.29 is 37.2 Å². The van der Waals surface area contributed by atoms with E-state index >= 15 is 0 Å². The van der Waals surface area contributed by atoms with Crippen LogP contribution in [0.4, 0.5) is 0 Å². The topological polar surface area (TPSA) is 74.6 Å². The molecule has 0 aromatic carbocycles. The summed E-state index contributed by atoms with van der Waals surface area (Å²) in [7, 11) is 0. The molecule has 0 radical (unpaired) electrons. The van der Waals surface area contributed by atoms with E-state index in [9.17, 15) is 9.59 Å². The number of aliphatic carboxylic acids is 2. The van der Waals surface area contributed by atoms with Crippen molar-refractivity contribution in [1.29, 1.82) is 0 Å². The Labute approximate surface area is 163 Å². The number of unbranched alkanes of at least 4 members (excludes halogenated alkanes) is 2. The van der Waals surface area contributed by atoms with Crippen molar-refractivity contribution >= 4 is 35.9 Å². The summed E-state index contributed by atoms with van der Waals surface area (Å²) in [5.74, 6) is -1.51. The monoisotopic (exact) mass is 468 g/mol. The van der Waals surface area contributed by atoms with Gasteiger partial charge in [0.15, 0.2) is 0 Å². The van der Waals surface area contributed by atoms with E-state index in [1.165, 1.54) is 0 Å². The largest absolute Gasteiger partial charge is 0.481 e. The molecule has 0 fully saturated rings. The van der Waals surface area contributed by atoms with E-state index in [0.29, 0.717) is 0 Å². The van der Waals surface area contributed by atoms with Gasteiger partial charge in [0.2, 0.25) is 0 Å². The molecule has 2 N–H and O–H groups in total. The average Bonchev–Trinajstić information content (AvgIpc) is 2.40. The normalized spacial score (nSPS) is 11.8. The summed E-state index contributed by atoms with van der Waals surface area (Å²) in [5.41, 5.74) is 0. The zero-order valence-electron chi connectivity index (χ0n) is 14.3. The van der Waals surface area contributed by atoms with Crippen LogP contribution < -0.4 is 0 Å². The van der Waals surface area contributed by atoms with Gasteiger partial charge in [-0.15, -0.1) is 24.0 Å². The van der Waals surface area contributed by atoms with Crippen LogP contribution in [0.1, 0.15) is 79.1 Å². The SMILES string of the molecule is CCCCC(CC)C(=O)O.CCCCC(CC)C(=O)O.I.[Cr]. The van der Waals surface area contributed by atoms with Gasteiger partial charge < -0.3 is 10.2 Å². The predicted molar refractivity (Wildman–Crippen MR) is 97.3 cm³/mol. The molecular weight excluding hydrogens is 435 g/mol. The number of hydrogen-bond donors (Lipinski definition) is 2. The van der Waals surface area contributed by atoms with Crippen LogP contribution in [0, 0.1) is 11.8 Å². The average molecular weight is 468 g/mol. The number of carboxylic acids is 2. The van der Waals surface area contributed by atoms with E-state index in [1.807, 2.05) is 13.8 Å². The second-order valence-corrected chi connectivity index (χ2v) is 5.17. The fourth-order valence-corrected chi connectivity index (χ4v) is 1.91. The Balaban J connectivity index is -0.000000135. The van der Waals surface area contributed by atoms with Crippen molar-refractivity contribution in [2.75, 3.05) is 0 Å². The van der Waals surface area contributed by atoms with Crippen molar-refractivity contribution in [2.45, 2.75) is 79.1 Å². The van der Waals surface area contributed by atoms with E-state index in [0.717, 1.165) is 51.4 Å². The standard InChI is InChI=1S/2C8H16O2.Cr.HI/c2*1-3-5-6-7(4-2)8(9)10;;/h2*7H,3-6H2,1-2H3,(H,9,10);;1H. The Morgan fingerprint density at radius 2 is 1.05 bits per heavy atom. The quantitative estimate of drug-likeness (QED) is 0.433. The molecule has 134 valence electrons. The molecule has 0 aliphatic rings. The first kappa shape index (κ1) is 30.1. The van der Waals surface area contributed by atoms with Crippen molar-refractivity contribution in [3.05, 3.63) is 0 Å². The van der Waals surface area contributed by atoms with Gasteiger partial charge in [0.05, 0.1) is 11.8 Å². The van der Waals surface area contributed by atoms with Crippen LogP contribution >= 0.6 is 24.0 Å². The fourth-order valence-electron chi connectivity index (χ4n) is 1.91. The van der Waals surface area contributed by atoms with Gasteiger partial charge in [-0.3, -0.25) is 9.59 Å². The summed E-state index contributed by atoms with van der Waals surface area (Å²) in [5, 5.41) is 17.2. The van der Waals surface area contributed by atoms with Crippen LogP contribution in [-0.2, 0) is 27.0 Å². The Kier molecular flexibility index (Phi) is 29.0. The van der Waals surface area contributed by atoms with Gasteiger partial charge >= 0.3 is 11.9 Å². The zero-order chi connectivity index (χ0) is 16.0. The molecule has 0 spiro atoms. The summed E-state index contributed by atoms with van der Waals surface area (Å²) in [6.07, 6.45) is 7.43. The summed E-state index contributed by atoms with van der Waals surface area (Å²) in [4.78, 5) is 20.9. The van der Waals surface area contributed by atoms with Crippen LogP contribution in [0.15, 0.2) is 0 Å². The molecule has 0 amide bonds. The molecule has 0 saturated carbocycles. The number of carbonyl (C=O) groups is 2. The summed E-state index contributed by atoms with van der Waals surface area (Å²) in [6.45, 7) is 8.01. The molecule has 0 aliphatic heterocycles. The summed E-state index contributed by atoms with van der Waals surface area (Å²) < 4.78 is 0. The first-order chi connectivity index (χ1) is 9.44. The maximum Gasteiger partial charge on any atom is 0.306 e. The van der Waals surface area contributed by atoms with Crippen LogP contribution in [0.25, 0.3) is 0 Å². The van der Waals surface area contributed by atoms with Gasteiger partial charge in [0.1, 0.15) is 0 Å². The minimum absolute atomic E-state index is 0. The van der Waals surface area contributed by atoms with Gasteiger partial charge in [0, 0.05) is 17.4 Å². The predicted octanol–water partition coefficient (Wildman–Crippen LogP) is 5.19. The third-order valence-electron chi connectivity index (χ3n) is 3.50. The van der Waals surface area contributed by atoms with Crippen molar-refractivity contribution in [2.24, 2.45) is 11.8 Å². The first-order valence-corrected chi connectivity index (χ1v) is 7.89. The van der Waals surface area contributed by atoms with E-state index < -0.39 is 11.9 Å². The Morgan fingerprint density at radius 1 is 0.773 bits per heavy atom. The Hall–Kier alpha value is 0.202. The molecule has 0 rings (SSSR count). The number of hydrogen-bond acceptors (Lipinski definition) is 2. The third kappa shape index (κ3) is 18.3. The van der Waals surface area contributed by atoms with Gasteiger partial charge in [-0.25, -0.2) is 0 Å². The number of rotatable bonds is 10. The van der Waals surface area contributed by atoms with Crippen LogP contribution in [0.5, 0.6) is 0 Å². The second-order valence-electron chi connectivity index (χ2n) is 5.17. The molecule has 0 bridgehead atoms. The Bertz CT molecular complexity index is 237. The maximum absolute atomic E-state index is 10.4. The van der Waals surface area contributed by atoms with E-state index in [2.05, 4.69) is 13.8 Å². The van der Waals surface area contributed by atoms with Gasteiger partial charge in [0.25, 0.3) is 0 Å². The summed E-state index contributed by atoms with van der Waals surface area (Å²) >= 11 is 0. The van der Waals surface area contributed by atoms with Crippen molar-refractivity contribution in [3.8, 4) is 0 Å². The van der Waals surface area contributed by atoms with Gasteiger partial charge in [-0.1, -0.05) is 53.4 Å². The van der Waals surface area contributed by atoms with Crippen LogP contribution in [-0.4, -0.2) is 22.2 Å². The molecule has 2 atom stereocenters. The first-order valence-electron chi connectivity index (χ1n) is 7.89. The molecule has 2 unspecified atom stereocenters. The molecule has 6 heteroatoms. The molecule has 0 aliphatic carbocycles. The number of carboxylic acid groups (broad SMARTS) is 2. The molecule has 0 saturated heterocycles. The van der Waals surface area contributed by atoms with E-state index in [1.54, 1.807) is 0 Å². The van der Waals surface area contributed by atoms with Gasteiger partial charge in [-0.2, -0.15) is 0 Å². The molecule has 4 nitrogen and oxygen atoms in total. The van der Waals surface area contributed by atoms with E-state index in [-0.39, 0.29) is 53.2 Å². The molecule has 0 heterocycles. The number of halogens is 1. The smallest absolute Gasteiger partial charge is 0.306 e. The zero-order valence-corrected chi connectivity index (χ0v) is 17.9. The van der Waals surface area contributed by atoms with Crippen LogP contribution in [0.3, 0.4) is 0 Å². The summed E-state index contributed by atoms with van der Waals surface area (Å²) in [6, 6.07) is 0.